The summed E-state index contributed by atoms with van der Waals surface area (Å²) in [6.45, 7) is 12.7. The van der Waals surface area contributed by atoms with Gasteiger partial charge in [0.05, 0.1) is 6.04 Å². The molecule has 0 saturated carbocycles. The first-order valence-corrected chi connectivity index (χ1v) is 6.10. The van der Waals surface area contributed by atoms with Crippen LogP contribution >= 0.6 is 0 Å². The Morgan fingerprint density at radius 3 is 2.47 bits per heavy atom. The van der Waals surface area contributed by atoms with Crippen molar-refractivity contribution in [3.8, 4) is 0 Å². The second-order valence-corrected chi connectivity index (χ2v) is 6.16. The highest BCUT2D eigenvalue weighted by molar-refractivity contribution is 5.88. The molecule has 15 heavy (non-hydrogen) atoms. The van der Waals surface area contributed by atoms with Crippen LogP contribution in [0.3, 0.4) is 0 Å². The Hall–Kier alpha value is -0.370. The van der Waals surface area contributed by atoms with Crippen LogP contribution in [0.2, 0.25) is 0 Å². The lowest BCUT2D eigenvalue weighted by molar-refractivity contribution is -0.131. The number of hydrogen-bond acceptors (Lipinski definition) is 2. The van der Waals surface area contributed by atoms with Gasteiger partial charge in [-0.25, -0.2) is 0 Å². The lowest BCUT2D eigenvalue weighted by atomic mass is 9.85. The zero-order valence-electron chi connectivity index (χ0n) is 10.8. The molecule has 0 N–H and O–H groups in total. The zero-order valence-corrected chi connectivity index (χ0v) is 10.8. The summed E-state index contributed by atoms with van der Waals surface area (Å²) in [5.41, 5.74) is -0.190. The number of likely N-dealkylation sites (tertiary alicyclic amines) is 1. The summed E-state index contributed by atoms with van der Waals surface area (Å²) in [4.78, 5) is 14.6. The molecule has 0 aromatic rings. The minimum absolute atomic E-state index is 0.187. The van der Waals surface area contributed by atoms with E-state index in [-0.39, 0.29) is 11.5 Å². The number of ketones is 1. The maximum absolute atomic E-state index is 12.2. The third-order valence-corrected chi connectivity index (χ3v) is 3.01. The number of Topliss-reactive ketones (excluding diaryl/α,β-unsaturated/α-hetero) is 1. The van der Waals surface area contributed by atoms with Gasteiger partial charge in [0.15, 0.2) is 5.78 Å². The van der Waals surface area contributed by atoms with Crippen LogP contribution in [0.4, 0.5) is 0 Å². The van der Waals surface area contributed by atoms with Gasteiger partial charge in [-0.1, -0.05) is 34.6 Å². The second-order valence-electron chi connectivity index (χ2n) is 6.16. The molecular weight excluding hydrogens is 186 g/mol. The first-order valence-electron chi connectivity index (χ1n) is 6.10. The summed E-state index contributed by atoms with van der Waals surface area (Å²) in [5.74, 6) is 1.07. The molecule has 1 aliphatic rings. The molecule has 1 aliphatic heterocycles. The summed E-state index contributed by atoms with van der Waals surface area (Å²) in [5, 5.41) is 0. The van der Waals surface area contributed by atoms with Crippen LogP contribution in [-0.4, -0.2) is 29.8 Å². The standard InChI is InChI=1S/C13H25NO/c1-10(2)9-14-8-6-7-11(14)12(15)13(3,4)5/h10-11H,6-9H2,1-5H3/t11-/m1/s1. The second kappa shape index (κ2) is 4.65. The average molecular weight is 211 g/mol. The van der Waals surface area contributed by atoms with Gasteiger partial charge in [0, 0.05) is 12.0 Å². The van der Waals surface area contributed by atoms with Gasteiger partial charge in [-0.05, 0) is 25.3 Å². The Morgan fingerprint density at radius 2 is 2.00 bits per heavy atom. The molecule has 1 rings (SSSR count). The third-order valence-electron chi connectivity index (χ3n) is 3.01. The number of carbonyl (C=O) groups excluding carboxylic acids is 1. The number of hydrogen-bond donors (Lipinski definition) is 0. The Labute approximate surface area is 94.0 Å². The molecule has 1 heterocycles. The quantitative estimate of drug-likeness (QED) is 0.715. The van der Waals surface area contributed by atoms with Crippen molar-refractivity contribution in [2.24, 2.45) is 11.3 Å². The van der Waals surface area contributed by atoms with Crippen molar-refractivity contribution >= 4 is 5.78 Å². The molecule has 0 aromatic carbocycles. The van der Waals surface area contributed by atoms with E-state index >= 15 is 0 Å². The van der Waals surface area contributed by atoms with E-state index in [0.29, 0.717) is 11.7 Å². The normalized spacial score (nSPS) is 23.7. The highest BCUT2D eigenvalue weighted by Gasteiger charge is 2.36. The molecule has 88 valence electrons. The van der Waals surface area contributed by atoms with E-state index < -0.39 is 0 Å². The molecule has 0 aromatic heterocycles. The molecule has 1 fully saturated rings. The summed E-state index contributed by atoms with van der Waals surface area (Å²) in [7, 11) is 0. The van der Waals surface area contributed by atoms with Gasteiger partial charge in [0.2, 0.25) is 0 Å². The van der Waals surface area contributed by atoms with Crippen molar-refractivity contribution in [3.63, 3.8) is 0 Å². The average Bonchev–Trinajstić information content (AvgIpc) is 2.48. The Kier molecular flexibility index (Phi) is 3.93. The number of carbonyl (C=O) groups is 1. The van der Waals surface area contributed by atoms with Crippen LogP contribution in [-0.2, 0) is 4.79 Å². The van der Waals surface area contributed by atoms with Crippen molar-refractivity contribution in [1.82, 2.24) is 4.90 Å². The largest absolute Gasteiger partial charge is 0.297 e. The molecule has 0 aliphatic carbocycles. The predicted molar refractivity (Wildman–Crippen MR) is 63.9 cm³/mol. The Morgan fingerprint density at radius 1 is 1.40 bits per heavy atom. The third kappa shape index (κ3) is 3.30. The van der Waals surface area contributed by atoms with E-state index in [1.807, 2.05) is 20.8 Å². The van der Waals surface area contributed by atoms with E-state index in [0.717, 1.165) is 19.5 Å². The fourth-order valence-electron chi connectivity index (χ4n) is 2.31. The molecule has 2 heteroatoms. The fourth-order valence-corrected chi connectivity index (χ4v) is 2.31. The summed E-state index contributed by atoms with van der Waals surface area (Å²) in [6.07, 6.45) is 2.24. The first kappa shape index (κ1) is 12.7. The molecular formula is C13H25NO. The maximum Gasteiger partial charge on any atom is 0.155 e. The van der Waals surface area contributed by atoms with E-state index in [1.54, 1.807) is 0 Å². The Balaban J connectivity index is 2.64. The van der Waals surface area contributed by atoms with Crippen LogP contribution < -0.4 is 0 Å². The van der Waals surface area contributed by atoms with E-state index in [1.165, 1.54) is 6.42 Å². The molecule has 0 spiro atoms. The van der Waals surface area contributed by atoms with Crippen LogP contribution in [0.25, 0.3) is 0 Å². The molecule has 0 amide bonds. The fraction of sp³-hybridized carbons (Fsp3) is 0.923. The number of rotatable bonds is 3. The van der Waals surface area contributed by atoms with E-state index in [9.17, 15) is 4.79 Å². The zero-order chi connectivity index (χ0) is 11.6. The topological polar surface area (TPSA) is 20.3 Å². The molecule has 2 nitrogen and oxygen atoms in total. The summed E-state index contributed by atoms with van der Waals surface area (Å²) < 4.78 is 0. The molecule has 1 atom stereocenters. The lowest BCUT2D eigenvalue weighted by Crippen LogP contribution is -2.43. The predicted octanol–water partition coefficient (Wildman–Crippen LogP) is 2.72. The number of nitrogens with zero attached hydrogens (tertiary/aromatic N) is 1. The van der Waals surface area contributed by atoms with Crippen LogP contribution in [0.1, 0.15) is 47.5 Å². The van der Waals surface area contributed by atoms with Gasteiger partial charge in [0.25, 0.3) is 0 Å². The van der Waals surface area contributed by atoms with Gasteiger partial charge in [-0.15, -0.1) is 0 Å². The van der Waals surface area contributed by atoms with Crippen LogP contribution in [0.15, 0.2) is 0 Å². The van der Waals surface area contributed by atoms with Crippen molar-refractivity contribution in [3.05, 3.63) is 0 Å². The van der Waals surface area contributed by atoms with Gasteiger partial charge >= 0.3 is 0 Å². The minimum Gasteiger partial charge on any atom is -0.297 e. The molecule has 0 radical (unpaired) electrons. The van der Waals surface area contributed by atoms with Crippen molar-refractivity contribution < 1.29 is 4.79 Å². The lowest BCUT2D eigenvalue weighted by Gasteiger charge is -2.29. The minimum atomic E-state index is -0.190. The summed E-state index contributed by atoms with van der Waals surface area (Å²) >= 11 is 0. The van der Waals surface area contributed by atoms with Crippen LogP contribution in [0.5, 0.6) is 0 Å². The van der Waals surface area contributed by atoms with Crippen molar-refractivity contribution in [2.75, 3.05) is 13.1 Å². The molecule has 0 bridgehead atoms. The Bertz CT molecular complexity index is 227. The van der Waals surface area contributed by atoms with Gasteiger partial charge in [-0.2, -0.15) is 0 Å². The SMILES string of the molecule is CC(C)CN1CCC[C@@H]1C(=O)C(C)(C)C. The highest BCUT2D eigenvalue weighted by Crippen LogP contribution is 2.27. The highest BCUT2D eigenvalue weighted by atomic mass is 16.1. The molecule has 1 saturated heterocycles. The van der Waals surface area contributed by atoms with Crippen molar-refractivity contribution in [2.45, 2.75) is 53.5 Å². The smallest absolute Gasteiger partial charge is 0.155 e. The van der Waals surface area contributed by atoms with Gasteiger partial charge in [-0.3, -0.25) is 9.69 Å². The summed E-state index contributed by atoms with van der Waals surface area (Å²) in [6, 6.07) is 0.187. The maximum atomic E-state index is 12.2. The van der Waals surface area contributed by atoms with E-state index in [2.05, 4.69) is 18.7 Å². The van der Waals surface area contributed by atoms with E-state index in [4.69, 9.17) is 0 Å². The first-order chi connectivity index (χ1) is 6.82. The van der Waals surface area contributed by atoms with Crippen molar-refractivity contribution in [1.29, 1.82) is 0 Å². The monoisotopic (exact) mass is 211 g/mol. The van der Waals surface area contributed by atoms with Gasteiger partial charge < -0.3 is 0 Å². The van der Waals surface area contributed by atoms with Gasteiger partial charge in [0.1, 0.15) is 0 Å². The van der Waals surface area contributed by atoms with Crippen LogP contribution in [0, 0.1) is 11.3 Å². The molecule has 0 unspecified atom stereocenters.